The van der Waals surface area contributed by atoms with Gasteiger partial charge in [0.1, 0.15) is 18.1 Å². The van der Waals surface area contributed by atoms with E-state index in [2.05, 4.69) is 38.5 Å². The molecule has 11 N–H and O–H groups in total. The van der Waals surface area contributed by atoms with Crippen molar-refractivity contribution in [1.29, 1.82) is 0 Å². The number of aromatic amines is 1. The molecule has 1 aromatic rings. The van der Waals surface area contributed by atoms with E-state index in [0.29, 0.717) is 25.1 Å². The zero-order valence-electron chi connectivity index (χ0n) is 19.2. The number of imidazole rings is 1. The van der Waals surface area contributed by atoms with Crippen LogP contribution in [0.2, 0.25) is 0 Å². The lowest BCUT2D eigenvalue weighted by Crippen LogP contribution is -2.57. The molecule has 0 radical (unpaired) electrons. The number of carboxylic acids is 1. The number of carbonyl (C=O) groups excluding carboxylic acids is 4. The summed E-state index contributed by atoms with van der Waals surface area (Å²) >= 11 is 3.93. The smallest absolute Gasteiger partial charge is 0.327 e. The minimum absolute atomic E-state index is 0.00344. The van der Waals surface area contributed by atoms with Crippen LogP contribution in [0.3, 0.4) is 0 Å². The van der Waals surface area contributed by atoms with Gasteiger partial charge in [-0.2, -0.15) is 12.6 Å². The maximum atomic E-state index is 13.1. The largest absolute Gasteiger partial charge is 0.480 e. The van der Waals surface area contributed by atoms with Crippen LogP contribution < -0.4 is 33.2 Å². The Balaban J connectivity index is 2.99. The summed E-state index contributed by atoms with van der Waals surface area (Å²) in [7, 11) is 0. The Bertz CT molecular complexity index is 853. The van der Waals surface area contributed by atoms with Gasteiger partial charge in [-0.3, -0.25) is 19.2 Å². The third kappa shape index (κ3) is 11.2. The van der Waals surface area contributed by atoms with Gasteiger partial charge in [0.2, 0.25) is 23.6 Å². The Hall–Kier alpha value is -3.17. The minimum Gasteiger partial charge on any atom is -0.480 e. The monoisotopic (exact) mass is 514 g/mol. The third-order valence-electron chi connectivity index (χ3n) is 5.03. The number of rotatable bonds is 17. The summed E-state index contributed by atoms with van der Waals surface area (Å²) in [6, 6.07) is -4.56. The maximum absolute atomic E-state index is 13.1. The molecule has 1 heterocycles. The number of nitrogens with one attached hydrogen (secondary N) is 4. The number of H-pyrrole nitrogens is 1. The zero-order valence-corrected chi connectivity index (χ0v) is 20.1. The fourth-order valence-corrected chi connectivity index (χ4v) is 3.27. The molecule has 1 aromatic heterocycles. The van der Waals surface area contributed by atoms with Crippen LogP contribution in [0.5, 0.6) is 0 Å². The van der Waals surface area contributed by atoms with E-state index in [-0.39, 0.29) is 31.4 Å². The van der Waals surface area contributed by atoms with Crippen LogP contribution in [0, 0.1) is 0 Å². The lowest BCUT2D eigenvalue weighted by atomic mass is 10.0. The number of aliphatic carboxylic acids is 1. The van der Waals surface area contributed by atoms with Crippen molar-refractivity contribution >= 4 is 42.2 Å². The van der Waals surface area contributed by atoms with Crippen molar-refractivity contribution in [2.75, 3.05) is 12.3 Å². The first-order valence-corrected chi connectivity index (χ1v) is 11.7. The van der Waals surface area contributed by atoms with E-state index in [1.165, 1.54) is 12.5 Å². The van der Waals surface area contributed by atoms with Gasteiger partial charge in [-0.15, -0.1) is 0 Å². The number of primary amides is 1. The molecule has 0 aliphatic heterocycles. The molecule has 35 heavy (non-hydrogen) atoms. The highest BCUT2D eigenvalue weighted by molar-refractivity contribution is 7.80. The van der Waals surface area contributed by atoms with Gasteiger partial charge in [0, 0.05) is 30.5 Å². The number of nitrogens with zero attached hydrogens (tertiary/aromatic N) is 1. The van der Waals surface area contributed by atoms with Crippen LogP contribution in [0.4, 0.5) is 0 Å². The van der Waals surface area contributed by atoms with E-state index < -0.39 is 53.8 Å². The Morgan fingerprint density at radius 1 is 1.00 bits per heavy atom. The lowest BCUT2D eigenvalue weighted by Gasteiger charge is -2.25. The van der Waals surface area contributed by atoms with Crippen molar-refractivity contribution in [3.05, 3.63) is 18.2 Å². The molecule has 4 unspecified atom stereocenters. The first-order chi connectivity index (χ1) is 16.6. The van der Waals surface area contributed by atoms with Crippen molar-refractivity contribution in [3.8, 4) is 0 Å². The normalized spacial score (nSPS) is 14.3. The lowest BCUT2D eigenvalue weighted by molar-refractivity contribution is -0.141. The summed E-state index contributed by atoms with van der Waals surface area (Å²) in [6.07, 6.45) is 4.05. The quantitative estimate of drug-likeness (QED) is 0.0765. The average molecular weight is 515 g/mol. The van der Waals surface area contributed by atoms with Crippen LogP contribution in [0.1, 0.15) is 37.8 Å². The first-order valence-electron chi connectivity index (χ1n) is 11.0. The molecule has 196 valence electrons. The molecule has 4 amide bonds. The standard InChI is InChI=1S/C20H34N8O6S/c21-6-2-1-3-13(26-17(30)12(22)4-5-16(23)29)18(31)27-14(7-11-8-24-10-25-11)19(32)28-15(9-35)20(33)34/h8,10,12-15,35H,1-7,9,21-22H2,(H2,23,29)(H,24,25)(H,26,30)(H,27,31)(H,28,32)(H,33,34). The predicted octanol–water partition coefficient (Wildman–Crippen LogP) is -2.86. The Kier molecular flexibility index (Phi) is 13.4. The number of hydrogen-bond donors (Lipinski definition) is 9. The molecule has 14 nitrogen and oxygen atoms in total. The molecule has 1 rings (SSSR count). The topological polar surface area (TPSA) is 248 Å². The van der Waals surface area contributed by atoms with Gasteiger partial charge >= 0.3 is 5.97 Å². The highest BCUT2D eigenvalue weighted by Gasteiger charge is 2.30. The van der Waals surface area contributed by atoms with Crippen LogP contribution >= 0.6 is 12.6 Å². The van der Waals surface area contributed by atoms with Crippen molar-refractivity contribution in [1.82, 2.24) is 25.9 Å². The number of carbonyl (C=O) groups is 5. The van der Waals surface area contributed by atoms with Gasteiger partial charge in [-0.05, 0) is 32.2 Å². The number of thiol groups is 1. The van der Waals surface area contributed by atoms with Crippen molar-refractivity contribution < 1.29 is 29.1 Å². The van der Waals surface area contributed by atoms with Gasteiger partial charge in [0.15, 0.2) is 0 Å². The van der Waals surface area contributed by atoms with E-state index in [1.54, 1.807) is 0 Å². The number of carboxylic acid groups (broad SMARTS) is 1. The minimum atomic E-state index is -1.28. The van der Waals surface area contributed by atoms with Crippen LogP contribution in [-0.4, -0.2) is 81.1 Å². The number of hydrogen-bond acceptors (Lipinski definition) is 9. The second kappa shape index (κ2) is 15.7. The predicted molar refractivity (Wildman–Crippen MR) is 129 cm³/mol. The Morgan fingerprint density at radius 3 is 2.17 bits per heavy atom. The maximum Gasteiger partial charge on any atom is 0.327 e. The molecule has 15 heteroatoms. The molecule has 0 spiro atoms. The Morgan fingerprint density at radius 2 is 1.63 bits per heavy atom. The Labute approximate surface area is 207 Å². The van der Waals surface area contributed by atoms with E-state index >= 15 is 0 Å². The number of aromatic nitrogens is 2. The van der Waals surface area contributed by atoms with Crippen molar-refractivity contribution in [3.63, 3.8) is 0 Å². The van der Waals surface area contributed by atoms with Crippen molar-refractivity contribution in [2.45, 2.75) is 62.7 Å². The molecule has 0 saturated heterocycles. The highest BCUT2D eigenvalue weighted by atomic mass is 32.1. The van der Waals surface area contributed by atoms with E-state index in [4.69, 9.17) is 17.2 Å². The van der Waals surface area contributed by atoms with Crippen molar-refractivity contribution in [2.24, 2.45) is 17.2 Å². The molecular weight excluding hydrogens is 480 g/mol. The number of amides is 4. The SMILES string of the molecule is NCCCCC(NC(=O)C(N)CCC(N)=O)C(=O)NC(Cc1cnc[nH]1)C(=O)NC(CS)C(=O)O. The van der Waals surface area contributed by atoms with Gasteiger partial charge in [0.05, 0.1) is 12.4 Å². The highest BCUT2D eigenvalue weighted by Crippen LogP contribution is 2.06. The summed E-state index contributed by atoms with van der Waals surface area (Å²) in [5, 5.41) is 16.7. The molecule has 4 atom stereocenters. The molecule has 0 aliphatic rings. The summed E-state index contributed by atoms with van der Waals surface area (Å²) in [5.74, 6) is -4.13. The molecule has 0 aromatic carbocycles. The molecule has 0 bridgehead atoms. The second-order valence-electron chi connectivity index (χ2n) is 7.88. The van der Waals surface area contributed by atoms with E-state index in [9.17, 15) is 29.1 Å². The number of nitrogens with two attached hydrogens (primary N) is 3. The van der Waals surface area contributed by atoms with Gasteiger partial charge in [-0.1, -0.05) is 0 Å². The fraction of sp³-hybridized carbons (Fsp3) is 0.600. The van der Waals surface area contributed by atoms with Crippen LogP contribution in [0.15, 0.2) is 12.5 Å². The van der Waals surface area contributed by atoms with E-state index in [0.717, 1.165) is 0 Å². The summed E-state index contributed by atoms with van der Waals surface area (Å²) in [5.41, 5.74) is 16.9. The summed E-state index contributed by atoms with van der Waals surface area (Å²) < 4.78 is 0. The molecule has 0 aliphatic carbocycles. The van der Waals surface area contributed by atoms with Gasteiger partial charge in [0.25, 0.3) is 0 Å². The van der Waals surface area contributed by atoms with E-state index in [1.807, 2.05) is 0 Å². The third-order valence-corrected chi connectivity index (χ3v) is 5.39. The molecular formula is C20H34N8O6S. The first kappa shape index (κ1) is 29.9. The zero-order chi connectivity index (χ0) is 26.4. The molecule has 0 saturated carbocycles. The second-order valence-corrected chi connectivity index (χ2v) is 8.25. The van der Waals surface area contributed by atoms with Gasteiger partial charge in [-0.25, -0.2) is 9.78 Å². The fourth-order valence-electron chi connectivity index (χ4n) is 3.02. The number of unbranched alkanes of at least 4 members (excludes halogenated alkanes) is 1. The summed E-state index contributed by atoms with van der Waals surface area (Å²) in [4.78, 5) is 67.3. The van der Waals surface area contributed by atoms with Crippen LogP contribution in [0.25, 0.3) is 0 Å². The van der Waals surface area contributed by atoms with Crippen LogP contribution in [-0.2, 0) is 30.4 Å². The van der Waals surface area contributed by atoms with Gasteiger partial charge < -0.3 is 43.2 Å². The average Bonchev–Trinajstić information content (AvgIpc) is 3.32. The molecule has 0 fully saturated rings. The summed E-state index contributed by atoms with van der Waals surface area (Å²) in [6.45, 7) is 0.381.